The molecule has 0 heterocycles. The van der Waals surface area contributed by atoms with Crippen LogP contribution in [-0.2, 0) is 10.0 Å². The number of carbonyl (C=O) groups excluding carboxylic acids is 1. The van der Waals surface area contributed by atoms with Crippen molar-refractivity contribution in [1.82, 2.24) is 4.72 Å². The lowest BCUT2D eigenvalue weighted by Gasteiger charge is -2.24. The SMILES string of the molecule is CC(=C(c1ccccc1)S(=O)(=O)NC(=O)N(c1ccccc1)c1ccccc1)c1ccccc1. The first-order chi connectivity index (χ1) is 16.5. The zero-order chi connectivity index (χ0) is 24.0. The Morgan fingerprint density at radius 1 is 0.618 bits per heavy atom. The van der Waals surface area contributed by atoms with Crippen molar-refractivity contribution in [1.29, 1.82) is 0 Å². The van der Waals surface area contributed by atoms with Crippen LogP contribution in [0.15, 0.2) is 121 Å². The Kier molecular flexibility index (Phi) is 6.90. The lowest BCUT2D eigenvalue weighted by atomic mass is 10.0. The van der Waals surface area contributed by atoms with Crippen molar-refractivity contribution in [2.45, 2.75) is 6.92 Å². The first-order valence-electron chi connectivity index (χ1n) is 10.8. The van der Waals surface area contributed by atoms with Crippen LogP contribution in [0.1, 0.15) is 18.1 Å². The molecule has 0 aromatic heterocycles. The number of nitrogens with zero attached hydrogens (tertiary/aromatic N) is 1. The molecular weight excluding hydrogens is 444 g/mol. The third kappa shape index (κ3) is 5.08. The van der Waals surface area contributed by atoms with E-state index in [1.165, 1.54) is 4.90 Å². The number of hydrogen-bond acceptors (Lipinski definition) is 3. The number of carbonyl (C=O) groups is 1. The van der Waals surface area contributed by atoms with Crippen LogP contribution in [0, 0.1) is 0 Å². The number of rotatable bonds is 6. The van der Waals surface area contributed by atoms with Crippen LogP contribution >= 0.6 is 0 Å². The van der Waals surface area contributed by atoms with Gasteiger partial charge in [-0.25, -0.2) is 17.9 Å². The maximum Gasteiger partial charge on any atom is 0.340 e. The zero-order valence-corrected chi connectivity index (χ0v) is 19.4. The third-order valence-electron chi connectivity index (χ3n) is 5.31. The van der Waals surface area contributed by atoms with Crippen LogP contribution in [0.25, 0.3) is 10.5 Å². The smallest absolute Gasteiger partial charge is 0.262 e. The van der Waals surface area contributed by atoms with Crippen molar-refractivity contribution >= 4 is 37.9 Å². The number of urea groups is 1. The highest BCUT2D eigenvalue weighted by atomic mass is 32.2. The van der Waals surface area contributed by atoms with Crippen molar-refractivity contribution in [2.75, 3.05) is 4.90 Å². The molecule has 34 heavy (non-hydrogen) atoms. The van der Waals surface area contributed by atoms with Crippen molar-refractivity contribution in [3.8, 4) is 0 Å². The average molecular weight is 469 g/mol. The van der Waals surface area contributed by atoms with E-state index in [0.717, 1.165) is 5.56 Å². The van der Waals surface area contributed by atoms with Crippen LogP contribution in [0.4, 0.5) is 16.2 Å². The van der Waals surface area contributed by atoms with Gasteiger partial charge in [0.15, 0.2) is 0 Å². The highest BCUT2D eigenvalue weighted by molar-refractivity contribution is 7.99. The molecule has 0 aliphatic rings. The molecule has 0 saturated heterocycles. The summed E-state index contributed by atoms with van der Waals surface area (Å²) in [7, 11) is -4.24. The summed E-state index contributed by atoms with van der Waals surface area (Å²) in [6.45, 7) is 1.74. The van der Waals surface area contributed by atoms with Crippen molar-refractivity contribution in [2.24, 2.45) is 0 Å². The van der Waals surface area contributed by atoms with Gasteiger partial charge in [-0.2, -0.15) is 0 Å². The van der Waals surface area contributed by atoms with Crippen molar-refractivity contribution in [3.05, 3.63) is 132 Å². The number of allylic oxidation sites excluding steroid dienone is 1. The lowest BCUT2D eigenvalue weighted by Crippen LogP contribution is -2.40. The Balaban J connectivity index is 1.79. The Morgan fingerprint density at radius 2 is 1.00 bits per heavy atom. The summed E-state index contributed by atoms with van der Waals surface area (Å²) in [5.74, 6) is 0. The standard InChI is InChI=1S/C28H24N2O3S/c1-22(23-14-6-2-7-15-23)27(24-16-8-3-9-17-24)34(32,33)29-28(31)30(25-18-10-4-11-19-25)26-20-12-5-13-21-26/h2-21H,1H3,(H,29,31). The summed E-state index contributed by atoms with van der Waals surface area (Å²) in [4.78, 5) is 14.9. The van der Waals surface area contributed by atoms with Gasteiger partial charge in [0.1, 0.15) is 0 Å². The van der Waals surface area contributed by atoms with Gasteiger partial charge in [-0.1, -0.05) is 97.1 Å². The molecule has 0 aliphatic carbocycles. The summed E-state index contributed by atoms with van der Waals surface area (Å²) < 4.78 is 29.7. The molecular formula is C28H24N2O3S. The van der Waals surface area contributed by atoms with Gasteiger partial charge in [0.2, 0.25) is 0 Å². The molecule has 4 aromatic carbocycles. The number of benzene rings is 4. The predicted octanol–water partition coefficient (Wildman–Crippen LogP) is 6.45. The highest BCUT2D eigenvalue weighted by Crippen LogP contribution is 2.31. The van der Waals surface area contributed by atoms with Crippen LogP contribution in [-0.4, -0.2) is 14.4 Å². The molecule has 5 nitrogen and oxygen atoms in total. The molecule has 0 unspecified atom stereocenters. The van der Waals surface area contributed by atoms with E-state index in [0.29, 0.717) is 22.5 Å². The fourth-order valence-corrected chi connectivity index (χ4v) is 5.12. The molecule has 4 aromatic rings. The van der Waals surface area contributed by atoms with Gasteiger partial charge in [0, 0.05) is 0 Å². The monoisotopic (exact) mass is 468 g/mol. The summed E-state index contributed by atoms with van der Waals surface area (Å²) in [5.41, 5.74) is 2.88. The van der Waals surface area contributed by atoms with E-state index in [-0.39, 0.29) is 4.91 Å². The number of amides is 2. The van der Waals surface area contributed by atoms with E-state index in [1.807, 2.05) is 48.5 Å². The molecule has 0 atom stereocenters. The minimum absolute atomic E-state index is 0.0497. The molecule has 0 fully saturated rings. The first kappa shape index (κ1) is 23.0. The molecule has 170 valence electrons. The Bertz CT molecular complexity index is 1350. The lowest BCUT2D eigenvalue weighted by molar-refractivity contribution is 0.253. The topological polar surface area (TPSA) is 66.5 Å². The van der Waals surface area contributed by atoms with E-state index in [1.54, 1.807) is 79.7 Å². The van der Waals surface area contributed by atoms with Gasteiger partial charge >= 0.3 is 6.03 Å². The fraction of sp³-hybridized carbons (Fsp3) is 0.0357. The second kappa shape index (κ2) is 10.2. The van der Waals surface area contributed by atoms with Gasteiger partial charge in [-0.15, -0.1) is 0 Å². The van der Waals surface area contributed by atoms with Crippen LogP contribution in [0.3, 0.4) is 0 Å². The van der Waals surface area contributed by atoms with Crippen molar-refractivity contribution in [3.63, 3.8) is 0 Å². The third-order valence-corrected chi connectivity index (χ3v) is 6.83. The normalized spacial score (nSPS) is 11.9. The van der Waals surface area contributed by atoms with E-state index in [2.05, 4.69) is 4.72 Å². The number of anilines is 2. The van der Waals surface area contributed by atoms with Gasteiger partial charge in [0.25, 0.3) is 10.0 Å². The molecule has 0 spiro atoms. The highest BCUT2D eigenvalue weighted by Gasteiger charge is 2.28. The summed E-state index contributed by atoms with van der Waals surface area (Å²) >= 11 is 0. The molecule has 0 bridgehead atoms. The second-order valence-corrected chi connectivity index (χ2v) is 9.22. The van der Waals surface area contributed by atoms with Crippen LogP contribution in [0.5, 0.6) is 0 Å². The number of para-hydroxylation sites is 2. The molecule has 2 amide bonds. The zero-order valence-electron chi connectivity index (χ0n) is 18.6. The number of hydrogen-bond donors (Lipinski definition) is 1. The summed E-state index contributed by atoms with van der Waals surface area (Å²) in [5, 5.41) is 0. The second-order valence-electron chi connectivity index (χ2n) is 7.60. The molecule has 1 N–H and O–H groups in total. The molecule has 0 saturated carbocycles. The fourth-order valence-electron chi connectivity index (χ4n) is 3.73. The molecule has 6 heteroatoms. The van der Waals surface area contributed by atoms with Gasteiger partial charge < -0.3 is 0 Å². The Hall–Kier alpha value is -4.16. The van der Waals surface area contributed by atoms with Crippen LogP contribution < -0.4 is 9.62 Å². The number of sulfonamides is 1. The minimum atomic E-state index is -4.24. The maximum absolute atomic E-state index is 13.7. The molecule has 4 rings (SSSR count). The minimum Gasteiger partial charge on any atom is -0.262 e. The van der Waals surface area contributed by atoms with Gasteiger partial charge in [-0.3, -0.25) is 4.90 Å². The quantitative estimate of drug-likeness (QED) is 0.331. The maximum atomic E-state index is 13.7. The predicted molar refractivity (Wildman–Crippen MR) is 138 cm³/mol. The largest absolute Gasteiger partial charge is 0.340 e. The Morgan fingerprint density at radius 3 is 1.44 bits per heavy atom. The Labute approximate surface area is 200 Å². The summed E-state index contributed by atoms with van der Waals surface area (Å²) in [6.07, 6.45) is 0. The molecule has 0 aliphatic heterocycles. The summed E-state index contributed by atoms with van der Waals surface area (Å²) in [6, 6.07) is 35.1. The van der Waals surface area contributed by atoms with Gasteiger partial charge in [0.05, 0.1) is 16.3 Å². The average Bonchev–Trinajstić information content (AvgIpc) is 2.86. The van der Waals surface area contributed by atoms with Crippen molar-refractivity contribution < 1.29 is 13.2 Å². The van der Waals surface area contributed by atoms with Gasteiger partial charge in [-0.05, 0) is 47.9 Å². The van der Waals surface area contributed by atoms with E-state index >= 15 is 0 Å². The first-order valence-corrected chi connectivity index (χ1v) is 12.2. The van der Waals surface area contributed by atoms with Crippen LogP contribution in [0.2, 0.25) is 0 Å². The molecule has 0 radical (unpaired) electrons. The number of nitrogens with one attached hydrogen (secondary N) is 1. The van der Waals surface area contributed by atoms with E-state index < -0.39 is 16.1 Å². The van der Waals surface area contributed by atoms with E-state index in [4.69, 9.17) is 0 Å². The van der Waals surface area contributed by atoms with E-state index in [9.17, 15) is 13.2 Å².